The van der Waals surface area contributed by atoms with Gasteiger partial charge in [-0.25, -0.2) is 0 Å². The summed E-state index contributed by atoms with van der Waals surface area (Å²) in [4.78, 5) is 1.29. The Balaban J connectivity index is 2.06. The Morgan fingerprint density at radius 1 is 1.40 bits per heavy atom. The van der Waals surface area contributed by atoms with Crippen LogP contribution >= 0.6 is 22.9 Å². The molecule has 84 valence electrons. The maximum absolute atomic E-state index is 9.55. The van der Waals surface area contributed by atoms with E-state index in [2.05, 4.69) is 11.4 Å². The zero-order valence-electron chi connectivity index (χ0n) is 8.63. The predicted octanol–water partition coefficient (Wildman–Crippen LogP) is 2.31. The molecule has 0 aromatic carbocycles. The van der Waals surface area contributed by atoms with Crippen LogP contribution in [0.15, 0.2) is 12.1 Å². The molecular weight excluding hydrogens is 230 g/mol. The van der Waals surface area contributed by atoms with Crippen LogP contribution in [-0.2, 0) is 6.42 Å². The molecule has 0 atom stereocenters. The standard InChI is InChI=1S/C11H16ClNOS/c12-10-2-1-9(15-10)7-11(8-14)3-5-13-6-4-11/h1-2,13-14H,3-8H2. The zero-order chi connectivity index (χ0) is 10.7. The minimum atomic E-state index is 0.0828. The average Bonchev–Trinajstić information content (AvgIpc) is 2.65. The van der Waals surface area contributed by atoms with E-state index in [1.807, 2.05) is 6.07 Å². The zero-order valence-corrected chi connectivity index (χ0v) is 10.2. The van der Waals surface area contributed by atoms with E-state index in [1.54, 1.807) is 11.3 Å². The summed E-state index contributed by atoms with van der Waals surface area (Å²) >= 11 is 7.54. The van der Waals surface area contributed by atoms with Gasteiger partial charge in [0.05, 0.1) is 4.34 Å². The molecule has 2 heterocycles. The monoisotopic (exact) mass is 245 g/mol. The normalized spacial score (nSPS) is 20.4. The molecule has 1 fully saturated rings. The molecule has 2 nitrogen and oxygen atoms in total. The number of hydrogen-bond donors (Lipinski definition) is 2. The Labute approximate surface area is 99.3 Å². The van der Waals surface area contributed by atoms with Gasteiger partial charge in [-0.15, -0.1) is 11.3 Å². The highest BCUT2D eigenvalue weighted by Crippen LogP contribution is 2.35. The summed E-state index contributed by atoms with van der Waals surface area (Å²) in [5.74, 6) is 0. The molecule has 1 saturated heterocycles. The maximum atomic E-state index is 9.55. The van der Waals surface area contributed by atoms with Crippen molar-refractivity contribution in [2.75, 3.05) is 19.7 Å². The van der Waals surface area contributed by atoms with Crippen LogP contribution < -0.4 is 5.32 Å². The van der Waals surface area contributed by atoms with Crippen molar-refractivity contribution in [1.82, 2.24) is 5.32 Å². The smallest absolute Gasteiger partial charge is 0.0931 e. The number of rotatable bonds is 3. The fraction of sp³-hybridized carbons (Fsp3) is 0.636. The lowest BCUT2D eigenvalue weighted by Gasteiger charge is -2.35. The highest BCUT2D eigenvalue weighted by atomic mass is 35.5. The number of aliphatic hydroxyl groups is 1. The molecule has 1 aliphatic heterocycles. The minimum absolute atomic E-state index is 0.0828. The van der Waals surface area contributed by atoms with Crippen LogP contribution in [-0.4, -0.2) is 24.8 Å². The van der Waals surface area contributed by atoms with Crippen LogP contribution in [0.4, 0.5) is 0 Å². The van der Waals surface area contributed by atoms with Crippen molar-refractivity contribution >= 4 is 22.9 Å². The van der Waals surface area contributed by atoms with Crippen LogP contribution in [0.2, 0.25) is 4.34 Å². The van der Waals surface area contributed by atoms with Gasteiger partial charge in [-0.3, -0.25) is 0 Å². The van der Waals surface area contributed by atoms with Crippen LogP contribution in [0.25, 0.3) is 0 Å². The lowest BCUT2D eigenvalue weighted by molar-refractivity contribution is 0.0901. The van der Waals surface area contributed by atoms with Gasteiger partial charge in [0.15, 0.2) is 0 Å². The molecule has 0 saturated carbocycles. The third-order valence-corrected chi connectivity index (χ3v) is 4.41. The molecule has 1 aromatic heterocycles. The number of nitrogens with one attached hydrogen (secondary N) is 1. The van der Waals surface area contributed by atoms with Crippen molar-refractivity contribution in [1.29, 1.82) is 0 Å². The molecule has 1 aromatic rings. The molecule has 0 amide bonds. The van der Waals surface area contributed by atoms with Crippen LogP contribution in [0.5, 0.6) is 0 Å². The van der Waals surface area contributed by atoms with Crippen LogP contribution in [0, 0.1) is 5.41 Å². The summed E-state index contributed by atoms with van der Waals surface area (Å²) in [6.07, 6.45) is 3.07. The van der Waals surface area contributed by atoms with Crippen LogP contribution in [0.1, 0.15) is 17.7 Å². The molecule has 0 aliphatic carbocycles. The first-order valence-corrected chi connectivity index (χ1v) is 6.49. The molecule has 0 unspecified atom stereocenters. The fourth-order valence-corrected chi connectivity index (χ4v) is 3.43. The summed E-state index contributed by atoms with van der Waals surface area (Å²) in [6.45, 7) is 2.31. The first-order chi connectivity index (χ1) is 7.24. The van der Waals surface area contributed by atoms with Crippen molar-refractivity contribution in [3.8, 4) is 0 Å². The second kappa shape index (κ2) is 4.83. The van der Waals surface area contributed by atoms with E-state index < -0.39 is 0 Å². The van der Waals surface area contributed by atoms with E-state index in [0.29, 0.717) is 0 Å². The molecule has 1 aliphatic rings. The molecule has 2 rings (SSSR count). The third kappa shape index (κ3) is 2.72. The number of hydrogen-bond acceptors (Lipinski definition) is 3. The minimum Gasteiger partial charge on any atom is -0.396 e. The second-order valence-corrected chi connectivity index (χ2v) is 6.09. The predicted molar refractivity (Wildman–Crippen MR) is 64.7 cm³/mol. The highest BCUT2D eigenvalue weighted by molar-refractivity contribution is 7.16. The summed E-state index contributed by atoms with van der Waals surface area (Å²) < 4.78 is 0.840. The first-order valence-electron chi connectivity index (χ1n) is 5.30. The van der Waals surface area contributed by atoms with Gasteiger partial charge in [0.25, 0.3) is 0 Å². The van der Waals surface area contributed by atoms with Gasteiger partial charge in [-0.1, -0.05) is 11.6 Å². The number of aliphatic hydroxyl groups excluding tert-OH is 1. The van der Waals surface area contributed by atoms with Crippen molar-refractivity contribution in [2.45, 2.75) is 19.3 Å². The Morgan fingerprint density at radius 3 is 2.67 bits per heavy atom. The topological polar surface area (TPSA) is 32.3 Å². The summed E-state index contributed by atoms with van der Waals surface area (Å²) in [5.41, 5.74) is 0.0828. The van der Waals surface area contributed by atoms with E-state index in [4.69, 9.17) is 11.6 Å². The van der Waals surface area contributed by atoms with Gasteiger partial charge in [-0.2, -0.15) is 0 Å². The Morgan fingerprint density at radius 2 is 2.13 bits per heavy atom. The van der Waals surface area contributed by atoms with Gasteiger partial charge >= 0.3 is 0 Å². The highest BCUT2D eigenvalue weighted by Gasteiger charge is 2.31. The fourth-order valence-electron chi connectivity index (χ4n) is 2.16. The molecule has 4 heteroatoms. The van der Waals surface area contributed by atoms with Gasteiger partial charge in [0.1, 0.15) is 0 Å². The van der Waals surface area contributed by atoms with Gasteiger partial charge in [-0.05, 0) is 44.5 Å². The van der Waals surface area contributed by atoms with Gasteiger partial charge in [0, 0.05) is 16.9 Å². The second-order valence-electron chi connectivity index (χ2n) is 4.29. The lowest BCUT2D eigenvalue weighted by atomic mass is 9.76. The molecule has 0 spiro atoms. The number of thiophene rings is 1. The van der Waals surface area contributed by atoms with Gasteiger partial charge < -0.3 is 10.4 Å². The maximum Gasteiger partial charge on any atom is 0.0931 e. The SMILES string of the molecule is OCC1(Cc2ccc(Cl)s2)CCNCC1. The Bertz CT molecular complexity index is 320. The Kier molecular flexibility index (Phi) is 3.67. The van der Waals surface area contributed by atoms with E-state index >= 15 is 0 Å². The molecule has 0 bridgehead atoms. The largest absolute Gasteiger partial charge is 0.396 e. The summed E-state index contributed by atoms with van der Waals surface area (Å²) in [7, 11) is 0. The van der Waals surface area contributed by atoms with E-state index in [0.717, 1.165) is 36.7 Å². The number of piperidine rings is 1. The first kappa shape index (κ1) is 11.4. The summed E-state index contributed by atoms with van der Waals surface area (Å²) in [5, 5.41) is 12.9. The molecule has 2 N–H and O–H groups in total. The van der Waals surface area contributed by atoms with Crippen molar-refractivity contribution in [2.24, 2.45) is 5.41 Å². The molecule has 15 heavy (non-hydrogen) atoms. The lowest BCUT2D eigenvalue weighted by Crippen LogP contribution is -2.40. The average molecular weight is 246 g/mol. The number of halogens is 1. The van der Waals surface area contributed by atoms with E-state index in [1.165, 1.54) is 4.88 Å². The Hall–Kier alpha value is -0.0900. The van der Waals surface area contributed by atoms with E-state index in [-0.39, 0.29) is 12.0 Å². The van der Waals surface area contributed by atoms with E-state index in [9.17, 15) is 5.11 Å². The summed E-state index contributed by atoms with van der Waals surface area (Å²) in [6, 6.07) is 4.01. The van der Waals surface area contributed by atoms with Crippen molar-refractivity contribution < 1.29 is 5.11 Å². The van der Waals surface area contributed by atoms with Crippen molar-refractivity contribution in [3.05, 3.63) is 21.3 Å². The molecular formula is C11H16ClNOS. The van der Waals surface area contributed by atoms with Crippen molar-refractivity contribution in [3.63, 3.8) is 0 Å². The third-order valence-electron chi connectivity index (χ3n) is 3.18. The molecule has 0 radical (unpaired) electrons. The van der Waals surface area contributed by atoms with Crippen LogP contribution in [0.3, 0.4) is 0 Å². The quantitative estimate of drug-likeness (QED) is 0.857. The van der Waals surface area contributed by atoms with Gasteiger partial charge in [0.2, 0.25) is 0 Å².